The highest BCUT2D eigenvalue weighted by atomic mass is 16.2. The number of fused-ring (bicyclic) bond motifs is 3. The molecular weight excluding hydrogens is 1100 g/mol. The molecule has 0 saturated heterocycles. The van der Waals surface area contributed by atoms with Gasteiger partial charge in [-0.05, 0) is 204 Å². The molecule has 9 rings (SSSR count). The molecule has 88 heavy (non-hydrogen) atoms. The van der Waals surface area contributed by atoms with Crippen LogP contribution in [0.15, 0.2) is 146 Å². The number of rotatable bonds is 30. The Hall–Kier alpha value is -8.88. The summed E-state index contributed by atoms with van der Waals surface area (Å²) in [6, 6.07) is 39.5. The normalized spacial score (nSPS) is 13.7. The zero-order chi connectivity index (χ0) is 62.8. The van der Waals surface area contributed by atoms with Gasteiger partial charge in [0.1, 0.15) is 0 Å². The number of aromatic amines is 3. The van der Waals surface area contributed by atoms with Gasteiger partial charge in [-0.1, -0.05) is 71.3 Å². The number of H-pyrrole nitrogens is 3. The van der Waals surface area contributed by atoms with Gasteiger partial charge in [-0.3, -0.25) is 28.8 Å². The van der Waals surface area contributed by atoms with Gasteiger partial charge >= 0.3 is 0 Å². The Balaban J connectivity index is 0.990. The summed E-state index contributed by atoms with van der Waals surface area (Å²) in [6.45, 7) is 7.06. The van der Waals surface area contributed by atoms with Crippen molar-refractivity contribution in [3.8, 4) is 0 Å². The molecule has 0 spiro atoms. The first kappa shape index (κ1) is 63.6. The van der Waals surface area contributed by atoms with E-state index in [9.17, 15) is 28.8 Å². The maximum absolute atomic E-state index is 14.4. The van der Waals surface area contributed by atoms with Gasteiger partial charge in [-0.15, -0.1) is 0 Å². The van der Waals surface area contributed by atoms with Crippen LogP contribution in [-0.4, -0.2) is 86.3 Å². The van der Waals surface area contributed by atoms with E-state index >= 15 is 0 Å². The molecule has 0 aliphatic carbocycles. The number of aryl methyl sites for hydroxylation is 3. The van der Waals surface area contributed by atoms with E-state index in [0.29, 0.717) is 75.2 Å². The van der Waals surface area contributed by atoms with E-state index < -0.39 is 57.6 Å². The van der Waals surface area contributed by atoms with Gasteiger partial charge in [-0.2, -0.15) is 0 Å². The third kappa shape index (κ3) is 14.2. The number of nitrogens with one attached hydrogen (secondary N) is 6. The Morgan fingerprint density at radius 3 is 0.898 bits per heavy atom. The fourth-order valence-corrected chi connectivity index (χ4v) is 11.7. The molecule has 0 radical (unpaired) electrons. The van der Waals surface area contributed by atoms with E-state index in [1.807, 2.05) is 112 Å². The number of carbonyl (C=O) groups excluding carboxylic acids is 6. The van der Waals surface area contributed by atoms with Crippen LogP contribution in [0.5, 0.6) is 0 Å². The number of aromatic nitrogens is 3. The number of hydrogen-bond donors (Lipinski definition) is 12. The van der Waals surface area contributed by atoms with Crippen molar-refractivity contribution < 1.29 is 28.8 Å². The molecule has 0 aliphatic heterocycles. The molecular formula is C70H82N12O6. The first-order chi connectivity index (χ1) is 42.3. The number of ketones is 3. The molecule has 0 saturated carbocycles. The molecule has 18 N–H and O–H groups in total. The van der Waals surface area contributed by atoms with E-state index in [-0.39, 0.29) is 38.5 Å². The number of anilines is 3. The predicted molar refractivity (Wildman–Crippen MR) is 351 cm³/mol. The minimum absolute atomic E-state index is 0.0568. The average Bonchev–Trinajstić information content (AvgIpc) is 2.80. The van der Waals surface area contributed by atoms with E-state index in [2.05, 4.69) is 30.9 Å². The number of amides is 3. The monoisotopic (exact) mass is 1190 g/mol. The van der Waals surface area contributed by atoms with E-state index in [1.165, 1.54) is 0 Å². The fraction of sp³-hybridized carbons (Fsp3) is 0.314. The zero-order valence-electron chi connectivity index (χ0n) is 50.5. The van der Waals surface area contributed by atoms with Crippen LogP contribution >= 0.6 is 0 Å². The van der Waals surface area contributed by atoms with Gasteiger partial charge in [0.05, 0.1) is 0 Å². The molecule has 3 aromatic heterocycles. The molecule has 0 aliphatic rings. The summed E-state index contributed by atoms with van der Waals surface area (Å²) in [5.41, 5.74) is 44.1. The van der Waals surface area contributed by atoms with Crippen LogP contribution in [0.3, 0.4) is 0 Å². The van der Waals surface area contributed by atoms with E-state index in [0.717, 1.165) is 82.8 Å². The fourth-order valence-electron chi connectivity index (χ4n) is 11.7. The first-order valence-electron chi connectivity index (χ1n) is 30.3. The van der Waals surface area contributed by atoms with Crippen molar-refractivity contribution >= 4 is 84.8 Å². The Morgan fingerprint density at radius 1 is 0.386 bits per heavy atom. The highest BCUT2D eigenvalue weighted by Gasteiger charge is 2.44. The lowest BCUT2D eigenvalue weighted by atomic mass is 9.83. The van der Waals surface area contributed by atoms with Gasteiger partial charge in [0.2, 0.25) is 0 Å². The second kappa shape index (κ2) is 27.9. The molecule has 18 heteroatoms. The molecule has 3 heterocycles. The molecule has 3 amide bonds. The Kier molecular flexibility index (Phi) is 20.1. The lowest BCUT2D eigenvalue weighted by molar-refractivity contribution is -0.134. The van der Waals surface area contributed by atoms with E-state index in [4.69, 9.17) is 34.4 Å². The second-order valence-corrected chi connectivity index (χ2v) is 23.7. The van der Waals surface area contributed by atoms with Crippen LogP contribution in [0.1, 0.15) is 114 Å². The van der Waals surface area contributed by atoms with Crippen molar-refractivity contribution in [2.24, 2.45) is 34.4 Å². The van der Waals surface area contributed by atoms with Crippen LogP contribution < -0.4 is 50.4 Å². The van der Waals surface area contributed by atoms with Gasteiger partial charge in [0, 0.05) is 93.5 Å². The summed E-state index contributed by atoms with van der Waals surface area (Å²) >= 11 is 0. The van der Waals surface area contributed by atoms with Crippen molar-refractivity contribution in [2.45, 2.75) is 120 Å². The SMILES string of the molecule is Cc1ccc2[nH]cc(CC(=O)[C@@](N)(CCCCN)C(=O)Nc3ccc(C(c4ccc(NC(=O)[C@](N)(CCCCN)C(=O)Cc5c[nH]c6ccc(C)cc56)cc4)c4ccc(NC(=O)[C@](N)(CCCCN)C(=O)Cc5c[nH]c6ccc(C)cc56)cc4)cc3)c2c1. The minimum atomic E-state index is -1.87. The Morgan fingerprint density at radius 2 is 0.648 bits per heavy atom. The molecule has 6 aromatic carbocycles. The highest BCUT2D eigenvalue weighted by molar-refractivity contribution is 6.18. The second-order valence-electron chi connectivity index (χ2n) is 23.7. The van der Waals surface area contributed by atoms with Gasteiger partial charge < -0.3 is 65.3 Å². The van der Waals surface area contributed by atoms with Crippen LogP contribution in [0.4, 0.5) is 17.1 Å². The van der Waals surface area contributed by atoms with Crippen LogP contribution in [0, 0.1) is 20.8 Å². The van der Waals surface area contributed by atoms with Crippen molar-refractivity contribution in [3.05, 3.63) is 196 Å². The average molecular weight is 1190 g/mol. The number of Topliss-reactive ketones (excluding diaryl/α,β-unsaturated/α-hetero) is 3. The maximum atomic E-state index is 14.4. The highest BCUT2D eigenvalue weighted by Crippen LogP contribution is 2.36. The van der Waals surface area contributed by atoms with Crippen LogP contribution in [0.25, 0.3) is 32.7 Å². The smallest absolute Gasteiger partial charge is 0.252 e. The largest absolute Gasteiger partial charge is 0.361 e. The van der Waals surface area contributed by atoms with Gasteiger partial charge in [0.25, 0.3) is 17.7 Å². The summed E-state index contributed by atoms with van der Waals surface area (Å²) < 4.78 is 0. The van der Waals surface area contributed by atoms with Crippen molar-refractivity contribution in [1.82, 2.24) is 15.0 Å². The third-order valence-electron chi connectivity index (χ3n) is 17.1. The predicted octanol–water partition coefficient (Wildman–Crippen LogP) is 8.97. The minimum Gasteiger partial charge on any atom is -0.361 e. The van der Waals surface area contributed by atoms with Crippen molar-refractivity contribution in [3.63, 3.8) is 0 Å². The summed E-state index contributed by atoms with van der Waals surface area (Å²) in [5.74, 6) is -3.68. The Bertz CT molecular complexity index is 3570. The molecule has 3 atom stereocenters. The molecule has 9 aromatic rings. The number of carbonyl (C=O) groups is 6. The van der Waals surface area contributed by atoms with Crippen molar-refractivity contribution in [1.29, 1.82) is 0 Å². The van der Waals surface area contributed by atoms with Crippen molar-refractivity contribution in [2.75, 3.05) is 35.6 Å². The number of nitrogens with two attached hydrogens (primary N) is 6. The third-order valence-corrected chi connectivity index (χ3v) is 17.1. The summed E-state index contributed by atoms with van der Waals surface area (Å²) in [7, 11) is 0. The Labute approximate surface area is 512 Å². The number of hydrogen-bond acceptors (Lipinski definition) is 12. The summed E-state index contributed by atoms with van der Waals surface area (Å²) in [5, 5.41) is 11.5. The van der Waals surface area contributed by atoms with Crippen LogP contribution in [0.2, 0.25) is 0 Å². The first-order valence-corrected chi connectivity index (χ1v) is 30.3. The van der Waals surface area contributed by atoms with Crippen LogP contribution in [-0.2, 0) is 48.0 Å². The van der Waals surface area contributed by atoms with Gasteiger partial charge in [0.15, 0.2) is 34.0 Å². The molecule has 18 nitrogen and oxygen atoms in total. The zero-order valence-corrected chi connectivity index (χ0v) is 50.5. The lowest BCUT2D eigenvalue weighted by Gasteiger charge is -2.28. The summed E-state index contributed by atoms with van der Waals surface area (Å²) in [4.78, 5) is 95.5. The number of benzene rings is 6. The molecule has 0 unspecified atom stereocenters. The number of unbranched alkanes of at least 4 members (excludes halogenated alkanes) is 3. The lowest BCUT2D eigenvalue weighted by Crippen LogP contribution is -2.58. The topological polar surface area (TPSA) is 342 Å². The molecule has 0 fully saturated rings. The summed E-state index contributed by atoms with van der Waals surface area (Å²) in [6.07, 6.45) is 8.55. The quantitative estimate of drug-likeness (QED) is 0.0114. The van der Waals surface area contributed by atoms with Gasteiger partial charge in [-0.25, -0.2) is 0 Å². The van der Waals surface area contributed by atoms with E-state index in [1.54, 1.807) is 55.0 Å². The maximum Gasteiger partial charge on any atom is 0.252 e. The molecule has 0 bridgehead atoms. The molecule has 458 valence electrons. The standard InChI is InChI=1S/C70H82N12O6/c1-43-10-25-58-55(34-43)49(40-77-58)37-61(83)68(74,28-4-7-31-71)65(86)80-52-19-13-46(14-20-52)64(47-15-21-53(22-16-47)81-66(87)69(75,29-5-8-32-72)62(84)38-50-41-78-59-26-11-44(2)35-56(50)59)48-17-23-54(24-18-48)82-67(88)70(76,30-6-9-33-73)63(85)39-51-42-79-60-27-12-45(3)36-57(51)60/h10-27,34-36,40-42,64,77-79H,4-9,28-33,37-39,71-76H2,1-3H3,(H,80,86)(H,81,87)(H,82,88)/t68-,69-,70-/m0/s1.